The lowest BCUT2D eigenvalue weighted by atomic mass is 10.0. The Morgan fingerprint density at radius 2 is 1.70 bits per heavy atom. The molecule has 1 aromatic carbocycles. The van der Waals surface area contributed by atoms with Crippen molar-refractivity contribution in [3.8, 4) is 28.5 Å². The topological polar surface area (TPSA) is 53.7 Å². The zero-order chi connectivity index (χ0) is 14.7. The SMILES string of the molecule is C=C(C)c1conc1-c1cc(OC)c(OC)c(OC)c1. The van der Waals surface area contributed by atoms with Crippen LogP contribution in [0.15, 0.2) is 29.5 Å². The molecule has 0 N–H and O–H groups in total. The summed E-state index contributed by atoms with van der Waals surface area (Å²) in [5.41, 5.74) is 3.22. The lowest BCUT2D eigenvalue weighted by Crippen LogP contribution is -1.96. The van der Waals surface area contributed by atoms with E-state index in [9.17, 15) is 0 Å². The largest absolute Gasteiger partial charge is 0.493 e. The zero-order valence-corrected chi connectivity index (χ0v) is 12.0. The Labute approximate surface area is 117 Å². The van der Waals surface area contributed by atoms with E-state index in [1.165, 1.54) is 0 Å². The third-order valence-corrected chi connectivity index (χ3v) is 2.97. The van der Waals surface area contributed by atoms with Gasteiger partial charge in [-0.3, -0.25) is 0 Å². The minimum atomic E-state index is 0.541. The smallest absolute Gasteiger partial charge is 0.203 e. The van der Waals surface area contributed by atoms with Gasteiger partial charge in [0.25, 0.3) is 0 Å². The van der Waals surface area contributed by atoms with Crippen molar-refractivity contribution < 1.29 is 18.7 Å². The molecule has 0 spiro atoms. The molecular formula is C15H17NO4. The highest BCUT2D eigenvalue weighted by molar-refractivity contribution is 5.78. The molecule has 0 fully saturated rings. The van der Waals surface area contributed by atoms with E-state index in [0.29, 0.717) is 22.9 Å². The van der Waals surface area contributed by atoms with Crippen molar-refractivity contribution in [1.82, 2.24) is 5.16 Å². The first kappa shape index (κ1) is 14.0. The average molecular weight is 275 g/mol. The van der Waals surface area contributed by atoms with Crippen molar-refractivity contribution in [3.05, 3.63) is 30.5 Å². The minimum Gasteiger partial charge on any atom is -0.493 e. The van der Waals surface area contributed by atoms with Crippen LogP contribution in [0.4, 0.5) is 0 Å². The molecule has 0 radical (unpaired) electrons. The van der Waals surface area contributed by atoms with Crippen LogP contribution >= 0.6 is 0 Å². The van der Waals surface area contributed by atoms with Crippen LogP contribution < -0.4 is 14.2 Å². The lowest BCUT2D eigenvalue weighted by Gasteiger charge is -2.13. The molecule has 1 aromatic heterocycles. The fourth-order valence-electron chi connectivity index (χ4n) is 1.97. The van der Waals surface area contributed by atoms with Crippen molar-refractivity contribution in [2.45, 2.75) is 6.92 Å². The predicted molar refractivity (Wildman–Crippen MR) is 76.3 cm³/mol. The summed E-state index contributed by atoms with van der Waals surface area (Å²) < 4.78 is 21.0. The summed E-state index contributed by atoms with van der Waals surface area (Å²) in [4.78, 5) is 0. The molecule has 0 aliphatic carbocycles. The van der Waals surface area contributed by atoms with Gasteiger partial charge >= 0.3 is 0 Å². The van der Waals surface area contributed by atoms with Gasteiger partial charge in [-0.15, -0.1) is 0 Å². The van der Waals surface area contributed by atoms with Crippen molar-refractivity contribution in [3.63, 3.8) is 0 Å². The number of aromatic nitrogens is 1. The van der Waals surface area contributed by atoms with E-state index in [0.717, 1.165) is 16.7 Å². The normalized spacial score (nSPS) is 10.2. The van der Waals surface area contributed by atoms with Gasteiger partial charge in [0.05, 0.1) is 21.3 Å². The highest BCUT2D eigenvalue weighted by Crippen LogP contribution is 2.42. The standard InChI is InChI=1S/C15H17NO4/c1-9(2)11-8-20-16-14(11)10-6-12(17-3)15(19-5)13(7-10)18-4/h6-8H,1H2,2-5H3. The van der Waals surface area contributed by atoms with Gasteiger partial charge in [-0.2, -0.15) is 0 Å². The van der Waals surface area contributed by atoms with E-state index >= 15 is 0 Å². The van der Waals surface area contributed by atoms with Crippen LogP contribution in [-0.2, 0) is 0 Å². The fourth-order valence-corrected chi connectivity index (χ4v) is 1.97. The van der Waals surface area contributed by atoms with Crippen LogP contribution in [-0.4, -0.2) is 26.5 Å². The van der Waals surface area contributed by atoms with Crippen molar-refractivity contribution in [1.29, 1.82) is 0 Å². The Morgan fingerprint density at radius 1 is 1.10 bits per heavy atom. The van der Waals surface area contributed by atoms with E-state index in [4.69, 9.17) is 18.7 Å². The third-order valence-electron chi connectivity index (χ3n) is 2.97. The minimum absolute atomic E-state index is 0.541. The van der Waals surface area contributed by atoms with Crippen LogP contribution in [0.5, 0.6) is 17.2 Å². The molecule has 0 unspecified atom stereocenters. The first-order valence-electron chi connectivity index (χ1n) is 6.03. The second-order valence-electron chi connectivity index (χ2n) is 4.27. The molecule has 0 aliphatic heterocycles. The van der Waals surface area contributed by atoms with E-state index in [1.54, 1.807) is 27.6 Å². The summed E-state index contributed by atoms with van der Waals surface area (Å²) in [5.74, 6) is 1.68. The van der Waals surface area contributed by atoms with Gasteiger partial charge in [-0.05, 0) is 24.6 Å². The highest BCUT2D eigenvalue weighted by atomic mass is 16.5. The average Bonchev–Trinajstić information content (AvgIpc) is 2.95. The van der Waals surface area contributed by atoms with E-state index < -0.39 is 0 Å². The molecule has 106 valence electrons. The Kier molecular flexibility index (Phi) is 3.98. The summed E-state index contributed by atoms with van der Waals surface area (Å²) in [5, 5.41) is 4.03. The summed E-state index contributed by atoms with van der Waals surface area (Å²) in [6, 6.07) is 3.65. The van der Waals surface area contributed by atoms with Gasteiger partial charge in [0, 0.05) is 11.1 Å². The molecular weight excluding hydrogens is 258 g/mol. The molecule has 0 saturated carbocycles. The summed E-state index contributed by atoms with van der Waals surface area (Å²) in [6.45, 7) is 5.81. The van der Waals surface area contributed by atoms with Crippen molar-refractivity contribution in [2.24, 2.45) is 0 Å². The van der Waals surface area contributed by atoms with Crippen LogP contribution in [0.1, 0.15) is 12.5 Å². The Bertz CT molecular complexity index is 606. The Balaban J connectivity index is 2.63. The number of methoxy groups -OCH3 is 3. The van der Waals surface area contributed by atoms with Gasteiger partial charge in [0.2, 0.25) is 5.75 Å². The first-order chi connectivity index (χ1) is 9.62. The fraction of sp³-hybridized carbons (Fsp3) is 0.267. The molecule has 0 aliphatic rings. The molecule has 5 nitrogen and oxygen atoms in total. The van der Waals surface area contributed by atoms with E-state index in [-0.39, 0.29) is 0 Å². The second kappa shape index (κ2) is 5.69. The van der Waals surface area contributed by atoms with E-state index in [2.05, 4.69) is 11.7 Å². The number of hydrogen-bond acceptors (Lipinski definition) is 5. The number of rotatable bonds is 5. The van der Waals surface area contributed by atoms with Crippen LogP contribution in [0, 0.1) is 0 Å². The third kappa shape index (κ3) is 2.34. The van der Waals surface area contributed by atoms with Crippen molar-refractivity contribution in [2.75, 3.05) is 21.3 Å². The maximum absolute atomic E-state index is 5.33. The molecule has 0 bridgehead atoms. The quantitative estimate of drug-likeness (QED) is 0.837. The van der Waals surface area contributed by atoms with E-state index in [1.807, 2.05) is 19.1 Å². The molecule has 0 atom stereocenters. The molecule has 0 saturated heterocycles. The monoisotopic (exact) mass is 275 g/mol. The Morgan fingerprint density at radius 3 is 2.15 bits per heavy atom. The van der Waals surface area contributed by atoms with Gasteiger partial charge in [-0.25, -0.2) is 0 Å². The summed E-state index contributed by atoms with van der Waals surface area (Å²) >= 11 is 0. The molecule has 20 heavy (non-hydrogen) atoms. The summed E-state index contributed by atoms with van der Waals surface area (Å²) in [6.07, 6.45) is 1.57. The number of allylic oxidation sites excluding steroid dienone is 1. The van der Waals surface area contributed by atoms with Gasteiger partial charge in [0.15, 0.2) is 11.5 Å². The number of ether oxygens (including phenoxy) is 3. The lowest BCUT2D eigenvalue weighted by molar-refractivity contribution is 0.324. The second-order valence-corrected chi connectivity index (χ2v) is 4.27. The maximum Gasteiger partial charge on any atom is 0.203 e. The van der Waals surface area contributed by atoms with Crippen LogP contribution in [0.25, 0.3) is 16.8 Å². The van der Waals surface area contributed by atoms with Crippen LogP contribution in [0.2, 0.25) is 0 Å². The number of benzene rings is 1. The molecule has 0 amide bonds. The number of hydrogen-bond donors (Lipinski definition) is 0. The van der Waals surface area contributed by atoms with Gasteiger partial charge in [-0.1, -0.05) is 11.7 Å². The van der Waals surface area contributed by atoms with Gasteiger partial charge < -0.3 is 18.7 Å². The molecule has 2 rings (SSSR count). The zero-order valence-electron chi connectivity index (χ0n) is 12.0. The summed E-state index contributed by atoms with van der Waals surface area (Å²) in [7, 11) is 4.71. The Hall–Kier alpha value is -2.43. The first-order valence-corrected chi connectivity index (χ1v) is 6.03. The highest BCUT2D eigenvalue weighted by Gasteiger charge is 2.18. The van der Waals surface area contributed by atoms with Gasteiger partial charge in [0.1, 0.15) is 12.0 Å². The molecule has 2 aromatic rings. The van der Waals surface area contributed by atoms with Crippen molar-refractivity contribution >= 4 is 5.57 Å². The maximum atomic E-state index is 5.33. The van der Waals surface area contributed by atoms with Crippen LogP contribution in [0.3, 0.4) is 0 Å². The number of nitrogens with zero attached hydrogens (tertiary/aromatic N) is 1. The predicted octanol–water partition coefficient (Wildman–Crippen LogP) is 3.40. The molecule has 5 heteroatoms. The molecule has 1 heterocycles.